The Balaban J connectivity index is 2.22. The van der Waals surface area contributed by atoms with Crippen molar-refractivity contribution in [1.29, 1.82) is 0 Å². The molecule has 0 bridgehead atoms. The fourth-order valence-corrected chi connectivity index (χ4v) is 2.37. The van der Waals surface area contributed by atoms with Gasteiger partial charge in [0.25, 0.3) is 0 Å². The summed E-state index contributed by atoms with van der Waals surface area (Å²) in [5.74, 6) is 0.454. The minimum Gasteiger partial charge on any atom is -0.253 e. The summed E-state index contributed by atoms with van der Waals surface area (Å²) < 4.78 is 0. The molecule has 0 fully saturated rings. The molecular formula is C18H17N. The number of benzene rings is 2. The lowest BCUT2D eigenvalue weighted by atomic mass is 10.0. The average molecular weight is 247 g/mol. The maximum absolute atomic E-state index is 4.79. The molecule has 19 heavy (non-hydrogen) atoms. The zero-order valence-electron chi connectivity index (χ0n) is 11.3. The third-order valence-electron chi connectivity index (χ3n) is 3.43. The molecule has 0 saturated carbocycles. The minimum atomic E-state index is 0.454. The van der Waals surface area contributed by atoms with E-state index in [0.29, 0.717) is 5.92 Å². The summed E-state index contributed by atoms with van der Waals surface area (Å²) in [5, 5.41) is 2.52. The first-order valence-corrected chi connectivity index (χ1v) is 6.71. The summed E-state index contributed by atoms with van der Waals surface area (Å²) >= 11 is 0. The number of rotatable bonds is 2. The molecule has 3 aromatic rings. The van der Waals surface area contributed by atoms with E-state index >= 15 is 0 Å². The van der Waals surface area contributed by atoms with Gasteiger partial charge in [-0.3, -0.25) is 4.98 Å². The molecule has 0 aliphatic heterocycles. The molecule has 0 radical (unpaired) electrons. The monoisotopic (exact) mass is 247 g/mol. The summed E-state index contributed by atoms with van der Waals surface area (Å²) in [6.07, 6.45) is 0. The van der Waals surface area contributed by atoms with Gasteiger partial charge in [-0.2, -0.15) is 0 Å². The fraction of sp³-hybridized carbons (Fsp3) is 0.167. The van der Waals surface area contributed by atoms with Crippen molar-refractivity contribution in [3.8, 4) is 11.3 Å². The van der Waals surface area contributed by atoms with Gasteiger partial charge in [-0.05, 0) is 28.8 Å². The summed E-state index contributed by atoms with van der Waals surface area (Å²) in [4.78, 5) is 4.79. The second kappa shape index (κ2) is 4.85. The average Bonchev–Trinajstić information content (AvgIpc) is 2.47. The second-order valence-corrected chi connectivity index (χ2v) is 5.13. The van der Waals surface area contributed by atoms with Crippen molar-refractivity contribution in [3.63, 3.8) is 0 Å². The Morgan fingerprint density at radius 1 is 0.789 bits per heavy atom. The third kappa shape index (κ3) is 2.24. The van der Waals surface area contributed by atoms with E-state index in [0.717, 1.165) is 11.4 Å². The van der Waals surface area contributed by atoms with Crippen molar-refractivity contribution < 1.29 is 0 Å². The van der Waals surface area contributed by atoms with Crippen LogP contribution in [0.4, 0.5) is 0 Å². The standard InChI is InChI=1S/C18H17N/c1-13(2)17-11-6-12-18(19-17)16-10-5-8-14-7-3-4-9-15(14)16/h3-13H,1-2H3. The minimum absolute atomic E-state index is 0.454. The lowest BCUT2D eigenvalue weighted by Crippen LogP contribution is -1.94. The molecule has 0 aliphatic rings. The zero-order valence-corrected chi connectivity index (χ0v) is 11.3. The van der Waals surface area contributed by atoms with Crippen LogP contribution in [0.15, 0.2) is 60.7 Å². The number of hydrogen-bond donors (Lipinski definition) is 0. The molecule has 0 spiro atoms. The van der Waals surface area contributed by atoms with Crippen LogP contribution in [0.2, 0.25) is 0 Å². The Hall–Kier alpha value is -2.15. The number of nitrogens with zero attached hydrogens (tertiary/aromatic N) is 1. The van der Waals surface area contributed by atoms with Crippen LogP contribution in [0.1, 0.15) is 25.5 Å². The topological polar surface area (TPSA) is 12.9 Å². The molecule has 2 aromatic carbocycles. The molecule has 0 unspecified atom stereocenters. The predicted octanol–water partition coefficient (Wildman–Crippen LogP) is 5.03. The Morgan fingerprint density at radius 3 is 2.37 bits per heavy atom. The molecule has 1 heterocycles. The van der Waals surface area contributed by atoms with Crippen molar-refractivity contribution >= 4 is 10.8 Å². The molecule has 0 amide bonds. The van der Waals surface area contributed by atoms with Gasteiger partial charge in [0.2, 0.25) is 0 Å². The number of aromatic nitrogens is 1. The van der Waals surface area contributed by atoms with Gasteiger partial charge in [0.05, 0.1) is 5.69 Å². The smallest absolute Gasteiger partial charge is 0.0711 e. The summed E-state index contributed by atoms with van der Waals surface area (Å²) in [7, 11) is 0. The van der Waals surface area contributed by atoms with Crippen molar-refractivity contribution in [2.75, 3.05) is 0 Å². The van der Waals surface area contributed by atoms with Crippen LogP contribution in [0, 0.1) is 0 Å². The molecule has 1 nitrogen and oxygen atoms in total. The van der Waals surface area contributed by atoms with Gasteiger partial charge < -0.3 is 0 Å². The van der Waals surface area contributed by atoms with E-state index in [2.05, 4.69) is 74.5 Å². The van der Waals surface area contributed by atoms with Crippen LogP contribution in [0.25, 0.3) is 22.0 Å². The maximum Gasteiger partial charge on any atom is 0.0711 e. The van der Waals surface area contributed by atoms with Crippen LogP contribution < -0.4 is 0 Å². The molecule has 1 aromatic heterocycles. The van der Waals surface area contributed by atoms with Crippen LogP contribution in [-0.2, 0) is 0 Å². The summed E-state index contributed by atoms with van der Waals surface area (Å²) in [6, 6.07) is 21.1. The van der Waals surface area contributed by atoms with Gasteiger partial charge in [0.1, 0.15) is 0 Å². The first kappa shape index (κ1) is 11.9. The molecule has 3 rings (SSSR count). The Labute approximate surface area is 113 Å². The Bertz CT molecular complexity index is 708. The number of hydrogen-bond acceptors (Lipinski definition) is 1. The zero-order chi connectivity index (χ0) is 13.2. The van der Waals surface area contributed by atoms with Crippen molar-refractivity contribution in [2.45, 2.75) is 19.8 Å². The molecule has 0 N–H and O–H groups in total. The fourth-order valence-electron chi connectivity index (χ4n) is 2.37. The lowest BCUT2D eigenvalue weighted by molar-refractivity contribution is 0.825. The molecular weight excluding hydrogens is 230 g/mol. The quantitative estimate of drug-likeness (QED) is 0.619. The molecule has 0 aliphatic carbocycles. The van der Waals surface area contributed by atoms with E-state index < -0.39 is 0 Å². The molecule has 0 saturated heterocycles. The highest BCUT2D eigenvalue weighted by molar-refractivity contribution is 5.95. The van der Waals surface area contributed by atoms with E-state index in [4.69, 9.17) is 4.98 Å². The second-order valence-electron chi connectivity index (χ2n) is 5.13. The summed E-state index contributed by atoms with van der Waals surface area (Å²) in [6.45, 7) is 4.35. The normalized spacial score (nSPS) is 11.1. The van der Waals surface area contributed by atoms with Gasteiger partial charge in [-0.1, -0.05) is 62.4 Å². The maximum atomic E-state index is 4.79. The highest BCUT2D eigenvalue weighted by atomic mass is 14.7. The van der Waals surface area contributed by atoms with Gasteiger partial charge in [0, 0.05) is 11.3 Å². The third-order valence-corrected chi connectivity index (χ3v) is 3.43. The van der Waals surface area contributed by atoms with E-state index in [9.17, 15) is 0 Å². The van der Waals surface area contributed by atoms with E-state index in [1.165, 1.54) is 16.3 Å². The largest absolute Gasteiger partial charge is 0.253 e. The van der Waals surface area contributed by atoms with E-state index in [-0.39, 0.29) is 0 Å². The van der Waals surface area contributed by atoms with Crippen LogP contribution >= 0.6 is 0 Å². The lowest BCUT2D eigenvalue weighted by Gasteiger charge is -2.09. The number of fused-ring (bicyclic) bond motifs is 1. The highest BCUT2D eigenvalue weighted by Gasteiger charge is 2.06. The predicted molar refractivity (Wildman–Crippen MR) is 81.3 cm³/mol. The van der Waals surface area contributed by atoms with Crippen molar-refractivity contribution in [3.05, 3.63) is 66.4 Å². The van der Waals surface area contributed by atoms with Gasteiger partial charge in [-0.25, -0.2) is 0 Å². The van der Waals surface area contributed by atoms with Crippen LogP contribution in [0.3, 0.4) is 0 Å². The van der Waals surface area contributed by atoms with Crippen molar-refractivity contribution in [1.82, 2.24) is 4.98 Å². The van der Waals surface area contributed by atoms with Gasteiger partial charge in [0.15, 0.2) is 0 Å². The molecule has 1 heteroatoms. The van der Waals surface area contributed by atoms with Gasteiger partial charge >= 0.3 is 0 Å². The van der Waals surface area contributed by atoms with Gasteiger partial charge in [-0.15, -0.1) is 0 Å². The first-order chi connectivity index (χ1) is 9.25. The summed E-state index contributed by atoms with van der Waals surface area (Å²) in [5.41, 5.74) is 3.41. The van der Waals surface area contributed by atoms with E-state index in [1.54, 1.807) is 0 Å². The molecule has 94 valence electrons. The Kier molecular flexibility index (Phi) is 3.04. The van der Waals surface area contributed by atoms with Crippen molar-refractivity contribution in [2.24, 2.45) is 0 Å². The first-order valence-electron chi connectivity index (χ1n) is 6.71. The SMILES string of the molecule is CC(C)c1cccc(-c2cccc3ccccc23)n1. The van der Waals surface area contributed by atoms with E-state index in [1.807, 2.05) is 0 Å². The van der Waals surface area contributed by atoms with Crippen LogP contribution in [-0.4, -0.2) is 4.98 Å². The Morgan fingerprint density at radius 2 is 1.53 bits per heavy atom. The number of pyridine rings is 1. The highest BCUT2D eigenvalue weighted by Crippen LogP contribution is 2.28. The molecule has 0 atom stereocenters. The van der Waals surface area contributed by atoms with Crippen LogP contribution in [0.5, 0.6) is 0 Å².